The molecule has 1 heterocycles. The van der Waals surface area contributed by atoms with E-state index in [1.165, 1.54) is 22.5 Å². The van der Waals surface area contributed by atoms with E-state index in [2.05, 4.69) is 81.1 Å². The highest BCUT2D eigenvalue weighted by molar-refractivity contribution is 6.12. The lowest BCUT2D eigenvalue weighted by Crippen LogP contribution is -2.26. The van der Waals surface area contributed by atoms with Crippen molar-refractivity contribution in [2.45, 2.75) is 33.1 Å². The van der Waals surface area contributed by atoms with Gasteiger partial charge in [0.2, 0.25) is 0 Å². The number of para-hydroxylation sites is 1. The van der Waals surface area contributed by atoms with Crippen molar-refractivity contribution < 1.29 is 0 Å². The first-order valence-electron chi connectivity index (χ1n) is 8.12. The van der Waals surface area contributed by atoms with Gasteiger partial charge in [-0.3, -0.25) is 4.99 Å². The van der Waals surface area contributed by atoms with Crippen molar-refractivity contribution in [3.05, 3.63) is 59.7 Å². The fourth-order valence-electron chi connectivity index (χ4n) is 3.33. The molecule has 1 aliphatic rings. The summed E-state index contributed by atoms with van der Waals surface area (Å²) in [6.07, 6.45) is 0. The number of aliphatic imine (C=N–C) groups is 1. The van der Waals surface area contributed by atoms with Crippen LogP contribution >= 0.6 is 0 Å². The second-order valence-electron chi connectivity index (χ2n) is 6.32. The smallest absolute Gasteiger partial charge is 0.0675 e. The van der Waals surface area contributed by atoms with Crippen LogP contribution in [0.5, 0.6) is 0 Å². The molecule has 2 heteroatoms. The molecule has 0 fully saturated rings. The maximum atomic E-state index is 4.89. The van der Waals surface area contributed by atoms with Gasteiger partial charge in [-0.15, -0.1) is 0 Å². The predicted octanol–water partition coefficient (Wildman–Crippen LogP) is 4.94. The second-order valence-corrected chi connectivity index (χ2v) is 6.32. The van der Waals surface area contributed by atoms with Gasteiger partial charge in [0.05, 0.1) is 11.4 Å². The Morgan fingerprint density at radius 1 is 0.909 bits per heavy atom. The molecule has 0 unspecified atom stereocenters. The van der Waals surface area contributed by atoms with Gasteiger partial charge in [-0.2, -0.15) is 0 Å². The molecule has 114 valence electrons. The molecule has 0 aliphatic carbocycles. The van der Waals surface area contributed by atoms with E-state index < -0.39 is 0 Å². The van der Waals surface area contributed by atoms with Crippen LogP contribution in [-0.4, -0.2) is 18.8 Å². The monoisotopic (exact) mass is 292 g/mol. The lowest BCUT2D eigenvalue weighted by molar-refractivity contribution is 0.737. The van der Waals surface area contributed by atoms with Crippen LogP contribution in [0.25, 0.3) is 0 Å². The number of nitrogens with zero attached hydrogens (tertiary/aromatic N) is 2. The van der Waals surface area contributed by atoms with E-state index in [1.807, 2.05) is 0 Å². The van der Waals surface area contributed by atoms with Crippen LogP contribution in [-0.2, 0) is 5.41 Å². The largest absolute Gasteiger partial charge is 0.372 e. The van der Waals surface area contributed by atoms with E-state index in [1.54, 1.807) is 0 Å². The fraction of sp³-hybridized carbons (Fsp3) is 0.350. The Hall–Kier alpha value is -2.09. The molecule has 0 radical (unpaired) electrons. The standard InChI is InChI=1S/C20H24N2/c1-5-22(6-2)16-13-11-15(12-14-16)19-20(3,4)17-9-7-8-10-18(17)21-19/h7-14H,5-6H2,1-4H3. The molecular formula is C20H24N2. The molecule has 0 atom stereocenters. The Morgan fingerprint density at radius 2 is 1.55 bits per heavy atom. The summed E-state index contributed by atoms with van der Waals surface area (Å²) in [6.45, 7) is 11.0. The zero-order chi connectivity index (χ0) is 15.7. The number of hydrogen-bond donors (Lipinski definition) is 0. The molecule has 2 nitrogen and oxygen atoms in total. The Bertz CT molecular complexity index is 692. The lowest BCUT2D eigenvalue weighted by Gasteiger charge is -2.24. The van der Waals surface area contributed by atoms with Crippen LogP contribution in [0.3, 0.4) is 0 Å². The van der Waals surface area contributed by atoms with Gasteiger partial charge in [-0.1, -0.05) is 44.2 Å². The van der Waals surface area contributed by atoms with Gasteiger partial charge in [-0.25, -0.2) is 0 Å². The van der Waals surface area contributed by atoms with Crippen molar-refractivity contribution in [2.24, 2.45) is 4.99 Å². The van der Waals surface area contributed by atoms with Crippen molar-refractivity contribution >= 4 is 17.1 Å². The van der Waals surface area contributed by atoms with Crippen molar-refractivity contribution in [1.82, 2.24) is 0 Å². The van der Waals surface area contributed by atoms with Crippen molar-refractivity contribution in [3.63, 3.8) is 0 Å². The Labute approximate surface area is 133 Å². The lowest BCUT2D eigenvalue weighted by atomic mass is 9.79. The molecule has 2 aromatic carbocycles. The van der Waals surface area contributed by atoms with E-state index in [-0.39, 0.29) is 5.41 Å². The summed E-state index contributed by atoms with van der Waals surface area (Å²) in [6, 6.07) is 17.3. The zero-order valence-electron chi connectivity index (χ0n) is 13.9. The quantitative estimate of drug-likeness (QED) is 0.779. The Kier molecular flexibility index (Phi) is 3.78. The maximum Gasteiger partial charge on any atom is 0.0675 e. The average Bonchev–Trinajstić information content (AvgIpc) is 2.81. The van der Waals surface area contributed by atoms with Crippen LogP contribution in [0.2, 0.25) is 0 Å². The summed E-state index contributed by atoms with van der Waals surface area (Å²) >= 11 is 0. The first-order chi connectivity index (χ1) is 10.6. The third-order valence-electron chi connectivity index (χ3n) is 4.67. The van der Waals surface area contributed by atoms with Gasteiger partial charge in [0.15, 0.2) is 0 Å². The summed E-state index contributed by atoms with van der Waals surface area (Å²) in [7, 11) is 0. The molecule has 22 heavy (non-hydrogen) atoms. The average molecular weight is 292 g/mol. The number of rotatable bonds is 4. The molecule has 0 amide bonds. The minimum Gasteiger partial charge on any atom is -0.372 e. The summed E-state index contributed by atoms with van der Waals surface area (Å²) in [5.41, 5.74) is 6.06. The van der Waals surface area contributed by atoms with Crippen molar-refractivity contribution in [2.75, 3.05) is 18.0 Å². The van der Waals surface area contributed by atoms with Gasteiger partial charge >= 0.3 is 0 Å². The summed E-state index contributed by atoms with van der Waals surface area (Å²) in [4.78, 5) is 7.25. The zero-order valence-corrected chi connectivity index (χ0v) is 13.9. The minimum atomic E-state index is -0.0344. The van der Waals surface area contributed by atoms with E-state index >= 15 is 0 Å². The molecule has 0 saturated carbocycles. The number of anilines is 1. The van der Waals surface area contributed by atoms with E-state index in [0.29, 0.717) is 0 Å². The van der Waals surface area contributed by atoms with E-state index in [4.69, 9.17) is 4.99 Å². The van der Waals surface area contributed by atoms with Gasteiger partial charge < -0.3 is 4.90 Å². The Balaban J connectivity index is 1.96. The highest BCUT2D eigenvalue weighted by Crippen LogP contribution is 2.41. The third-order valence-corrected chi connectivity index (χ3v) is 4.67. The molecule has 0 aromatic heterocycles. The molecule has 0 bridgehead atoms. The van der Waals surface area contributed by atoms with Gasteiger partial charge in [0, 0.05) is 24.2 Å². The Morgan fingerprint density at radius 3 is 2.14 bits per heavy atom. The second kappa shape index (κ2) is 5.60. The first kappa shape index (κ1) is 14.8. The molecule has 2 aromatic rings. The van der Waals surface area contributed by atoms with Crippen molar-refractivity contribution in [3.8, 4) is 0 Å². The first-order valence-corrected chi connectivity index (χ1v) is 8.12. The maximum absolute atomic E-state index is 4.89. The molecule has 0 saturated heterocycles. The number of hydrogen-bond acceptors (Lipinski definition) is 2. The van der Waals surface area contributed by atoms with E-state index in [0.717, 1.165) is 18.8 Å². The molecular weight excluding hydrogens is 268 g/mol. The van der Waals surface area contributed by atoms with Gasteiger partial charge in [0.25, 0.3) is 0 Å². The van der Waals surface area contributed by atoms with Crippen LogP contribution < -0.4 is 4.90 Å². The highest BCUT2D eigenvalue weighted by atomic mass is 15.1. The number of benzene rings is 2. The molecule has 1 aliphatic heterocycles. The SMILES string of the molecule is CCN(CC)c1ccc(C2=Nc3ccccc3C2(C)C)cc1. The van der Waals surface area contributed by atoms with Crippen LogP contribution in [0.4, 0.5) is 11.4 Å². The minimum absolute atomic E-state index is 0.0344. The molecule has 0 N–H and O–H groups in total. The van der Waals surface area contributed by atoms with Gasteiger partial charge in [-0.05, 0) is 43.2 Å². The van der Waals surface area contributed by atoms with Crippen LogP contribution in [0.1, 0.15) is 38.8 Å². The highest BCUT2D eigenvalue weighted by Gasteiger charge is 2.35. The molecule has 0 spiro atoms. The van der Waals surface area contributed by atoms with Gasteiger partial charge in [0.1, 0.15) is 0 Å². The predicted molar refractivity (Wildman–Crippen MR) is 95.7 cm³/mol. The summed E-state index contributed by atoms with van der Waals surface area (Å²) in [5.74, 6) is 0. The number of fused-ring (bicyclic) bond motifs is 1. The van der Waals surface area contributed by atoms with Crippen LogP contribution in [0, 0.1) is 0 Å². The van der Waals surface area contributed by atoms with E-state index in [9.17, 15) is 0 Å². The van der Waals surface area contributed by atoms with Crippen LogP contribution in [0.15, 0.2) is 53.5 Å². The fourth-order valence-corrected chi connectivity index (χ4v) is 3.33. The normalized spacial score (nSPS) is 15.4. The molecule has 3 rings (SSSR count). The topological polar surface area (TPSA) is 15.6 Å². The third kappa shape index (κ3) is 2.33. The van der Waals surface area contributed by atoms with Crippen molar-refractivity contribution in [1.29, 1.82) is 0 Å². The summed E-state index contributed by atoms with van der Waals surface area (Å²) < 4.78 is 0. The summed E-state index contributed by atoms with van der Waals surface area (Å²) in [5, 5.41) is 0.